The largest absolute Gasteiger partial charge is 0.397 e. The summed E-state index contributed by atoms with van der Waals surface area (Å²) in [4.78, 5) is 6.51. The monoisotopic (exact) mass is 285 g/mol. The van der Waals surface area contributed by atoms with Crippen LogP contribution in [0.4, 0.5) is 11.5 Å². The maximum Gasteiger partial charge on any atom is 0.143 e. The Morgan fingerprint density at radius 2 is 2.31 bits per heavy atom. The number of hydrogen-bond acceptors (Lipinski definition) is 4. The van der Waals surface area contributed by atoms with Gasteiger partial charge in [-0.25, -0.2) is 4.98 Å². The molecule has 1 heterocycles. The van der Waals surface area contributed by atoms with Gasteiger partial charge in [0.25, 0.3) is 0 Å². The summed E-state index contributed by atoms with van der Waals surface area (Å²) in [7, 11) is 0. The molecule has 0 bridgehead atoms. The number of pyridine rings is 1. The van der Waals surface area contributed by atoms with Crippen molar-refractivity contribution in [3.8, 4) is 0 Å². The molecule has 3 N–H and O–H groups in total. The number of aromatic nitrogens is 1. The predicted molar refractivity (Wildman–Crippen MR) is 68.5 cm³/mol. The highest BCUT2D eigenvalue weighted by molar-refractivity contribution is 9.10. The molecule has 1 aliphatic carbocycles. The minimum absolute atomic E-state index is 0.147. The highest BCUT2D eigenvalue weighted by Crippen LogP contribution is 2.36. The summed E-state index contributed by atoms with van der Waals surface area (Å²) in [5.41, 5.74) is 7.49. The molecule has 88 valence electrons. The van der Waals surface area contributed by atoms with Crippen molar-refractivity contribution in [1.82, 2.24) is 4.98 Å². The Labute approximate surface area is 104 Å². The van der Waals surface area contributed by atoms with Gasteiger partial charge in [-0.15, -0.1) is 0 Å². The van der Waals surface area contributed by atoms with Crippen molar-refractivity contribution in [3.63, 3.8) is 0 Å². The van der Waals surface area contributed by atoms with Crippen molar-refractivity contribution in [2.24, 2.45) is 0 Å². The Kier molecular flexibility index (Phi) is 3.35. The summed E-state index contributed by atoms with van der Waals surface area (Å²) in [6.07, 6.45) is 4.04. The maximum absolute atomic E-state index is 9.08. The van der Waals surface area contributed by atoms with Gasteiger partial charge in [-0.3, -0.25) is 0 Å². The summed E-state index contributed by atoms with van der Waals surface area (Å²) >= 11 is 3.53. The van der Waals surface area contributed by atoms with E-state index in [0.717, 1.165) is 15.9 Å². The second-order valence-corrected chi connectivity index (χ2v) is 4.92. The van der Waals surface area contributed by atoms with Gasteiger partial charge < -0.3 is 15.7 Å². The van der Waals surface area contributed by atoms with Gasteiger partial charge in [0, 0.05) is 12.6 Å². The number of halogens is 1. The SMILES string of the molecule is Cc1c(N)cnc(N(CCO)C2CC2)c1Br. The lowest BCUT2D eigenvalue weighted by Gasteiger charge is -2.24. The van der Waals surface area contributed by atoms with Gasteiger partial charge in [-0.05, 0) is 41.3 Å². The molecule has 4 nitrogen and oxygen atoms in total. The lowest BCUT2D eigenvalue weighted by atomic mass is 10.2. The zero-order chi connectivity index (χ0) is 11.7. The predicted octanol–water partition coefficient (Wildman–Crippen LogP) is 1.70. The van der Waals surface area contributed by atoms with Crippen molar-refractivity contribution in [1.29, 1.82) is 0 Å². The van der Waals surface area contributed by atoms with Crippen LogP contribution in [0.5, 0.6) is 0 Å². The molecular formula is C11H16BrN3O. The highest BCUT2D eigenvalue weighted by Gasteiger charge is 2.31. The number of hydrogen-bond donors (Lipinski definition) is 2. The number of aliphatic hydroxyl groups excluding tert-OH is 1. The van der Waals surface area contributed by atoms with Gasteiger partial charge in [0.05, 0.1) is 23.0 Å². The van der Waals surface area contributed by atoms with Gasteiger partial charge in [0.2, 0.25) is 0 Å². The summed E-state index contributed by atoms with van der Waals surface area (Å²) in [6.45, 7) is 2.74. The maximum atomic E-state index is 9.08. The van der Waals surface area contributed by atoms with Crippen LogP contribution >= 0.6 is 15.9 Å². The van der Waals surface area contributed by atoms with E-state index in [9.17, 15) is 0 Å². The molecule has 0 atom stereocenters. The molecule has 2 rings (SSSR count). The van der Waals surface area contributed by atoms with Crippen molar-refractivity contribution in [2.45, 2.75) is 25.8 Å². The molecule has 1 aliphatic rings. The van der Waals surface area contributed by atoms with E-state index >= 15 is 0 Å². The molecule has 0 spiro atoms. The molecule has 0 saturated heterocycles. The molecule has 16 heavy (non-hydrogen) atoms. The lowest BCUT2D eigenvalue weighted by molar-refractivity contribution is 0.301. The first-order valence-electron chi connectivity index (χ1n) is 5.43. The summed E-state index contributed by atoms with van der Waals surface area (Å²) < 4.78 is 0.938. The Balaban J connectivity index is 2.33. The number of nitrogens with zero attached hydrogens (tertiary/aromatic N) is 2. The minimum atomic E-state index is 0.147. The third-order valence-electron chi connectivity index (χ3n) is 2.89. The van der Waals surface area contributed by atoms with Crippen LogP contribution in [-0.2, 0) is 0 Å². The molecule has 0 amide bonds. The fraction of sp³-hybridized carbons (Fsp3) is 0.545. The van der Waals surface area contributed by atoms with Crippen LogP contribution in [-0.4, -0.2) is 29.3 Å². The van der Waals surface area contributed by atoms with Crippen LogP contribution < -0.4 is 10.6 Å². The van der Waals surface area contributed by atoms with E-state index in [0.29, 0.717) is 18.3 Å². The molecule has 0 unspecified atom stereocenters. The molecular weight excluding hydrogens is 270 g/mol. The zero-order valence-corrected chi connectivity index (χ0v) is 10.9. The van der Waals surface area contributed by atoms with E-state index < -0.39 is 0 Å². The van der Waals surface area contributed by atoms with E-state index in [-0.39, 0.29) is 6.61 Å². The van der Waals surface area contributed by atoms with Gasteiger partial charge in [-0.2, -0.15) is 0 Å². The second kappa shape index (κ2) is 4.59. The second-order valence-electron chi connectivity index (χ2n) is 4.12. The van der Waals surface area contributed by atoms with Crippen LogP contribution in [0.25, 0.3) is 0 Å². The van der Waals surface area contributed by atoms with Crippen molar-refractivity contribution < 1.29 is 5.11 Å². The average Bonchev–Trinajstić information content (AvgIpc) is 3.08. The van der Waals surface area contributed by atoms with Gasteiger partial charge in [-0.1, -0.05) is 0 Å². The first-order chi connectivity index (χ1) is 7.65. The fourth-order valence-corrected chi connectivity index (χ4v) is 2.29. The quantitative estimate of drug-likeness (QED) is 0.884. The van der Waals surface area contributed by atoms with Crippen molar-refractivity contribution in [3.05, 3.63) is 16.2 Å². The first-order valence-corrected chi connectivity index (χ1v) is 6.22. The third kappa shape index (κ3) is 2.15. The summed E-state index contributed by atoms with van der Waals surface area (Å²) in [6, 6.07) is 0.527. The number of nitrogens with two attached hydrogens (primary N) is 1. The number of nitrogen functional groups attached to an aromatic ring is 1. The number of rotatable bonds is 4. The van der Waals surface area contributed by atoms with E-state index in [1.54, 1.807) is 6.20 Å². The molecule has 1 aromatic heterocycles. The van der Waals surface area contributed by atoms with Crippen molar-refractivity contribution >= 4 is 27.4 Å². The molecule has 0 aliphatic heterocycles. The molecule has 1 aromatic rings. The van der Waals surface area contributed by atoms with E-state index in [2.05, 4.69) is 25.8 Å². The highest BCUT2D eigenvalue weighted by atomic mass is 79.9. The van der Waals surface area contributed by atoms with Crippen LogP contribution in [0.1, 0.15) is 18.4 Å². The van der Waals surface area contributed by atoms with Crippen LogP contribution in [0.3, 0.4) is 0 Å². The molecule has 0 aromatic carbocycles. The molecule has 0 radical (unpaired) electrons. The first kappa shape index (κ1) is 11.7. The van der Waals surface area contributed by atoms with E-state index in [1.807, 2.05) is 6.92 Å². The van der Waals surface area contributed by atoms with Crippen LogP contribution in [0.15, 0.2) is 10.7 Å². The average molecular weight is 286 g/mol. The van der Waals surface area contributed by atoms with E-state index in [4.69, 9.17) is 10.8 Å². The zero-order valence-electron chi connectivity index (χ0n) is 9.28. The number of anilines is 2. The molecule has 1 fully saturated rings. The smallest absolute Gasteiger partial charge is 0.143 e. The lowest BCUT2D eigenvalue weighted by Crippen LogP contribution is -2.30. The van der Waals surface area contributed by atoms with Crippen molar-refractivity contribution in [2.75, 3.05) is 23.8 Å². The molecule has 5 heteroatoms. The third-order valence-corrected chi connectivity index (χ3v) is 3.83. The summed E-state index contributed by atoms with van der Waals surface area (Å²) in [5.74, 6) is 0.892. The Morgan fingerprint density at radius 3 is 2.88 bits per heavy atom. The normalized spacial score (nSPS) is 15.2. The van der Waals surface area contributed by atoms with Gasteiger partial charge >= 0.3 is 0 Å². The Bertz CT molecular complexity index is 393. The Morgan fingerprint density at radius 1 is 1.62 bits per heavy atom. The Hall–Kier alpha value is -0.810. The summed E-state index contributed by atoms with van der Waals surface area (Å²) in [5, 5.41) is 9.08. The van der Waals surface area contributed by atoms with Gasteiger partial charge in [0.1, 0.15) is 5.82 Å². The minimum Gasteiger partial charge on any atom is -0.397 e. The topological polar surface area (TPSA) is 62.4 Å². The fourth-order valence-electron chi connectivity index (χ4n) is 1.73. The van der Waals surface area contributed by atoms with Crippen LogP contribution in [0, 0.1) is 6.92 Å². The molecule has 1 saturated carbocycles. The standard InChI is InChI=1S/C11H16BrN3O/c1-7-9(13)6-14-11(10(7)12)15(4-5-16)8-2-3-8/h6,8,16H,2-5,13H2,1H3. The van der Waals surface area contributed by atoms with Crippen LogP contribution in [0.2, 0.25) is 0 Å². The van der Waals surface area contributed by atoms with Gasteiger partial charge in [0.15, 0.2) is 0 Å². The van der Waals surface area contributed by atoms with E-state index in [1.165, 1.54) is 12.8 Å². The number of aliphatic hydroxyl groups is 1.